The van der Waals surface area contributed by atoms with Crippen LogP contribution in [0.5, 0.6) is 0 Å². The molecule has 37 heavy (non-hydrogen) atoms. The molecule has 1 saturated heterocycles. The maximum Gasteiger partial charge on any atom is 0.243 e. The minimum absolute atomic E-state index is 0.0232. The van der Waals surface area contributed by atoms with Crippen LogP contribution in [-0.4, -0.2) is 73.0 Å². The van der Waals surface area contributed by atoms with E-state index in [1.807, 2.05) is 25.1 Å². The normalized spacial score (nSPS) is 19.2. The van der Waals surface area contributed by atoms with Gasteiger partial charge in [-0.05, 0) is 43.5 Å². The van der Waals surface area contributed by atoms with E-state index in [4.69, 9.17) is 4.74 Å². The molecule has 2 fully saturated rings. The van der Waals surface area contributed by atoms with Crippen LogP contribution in [0.3, 0.4) is 0 Å². The van der Waals surface area contributed by atoms with Crippen molar-refractivity contribution in [3.63, 3.8) is 0 Å². The molecule has 1 atom stereocenters. The molecule has 2 aromatic carbocycles. The van der Waals surface area contributed by atoms with E-state index in [0.29, 0.717) is 43.7 Å². The van der Waals surface area contributed by atoms with E-state index < -0.39 is 10.0 Å². The molecule has 5 rings (SSSR count). The molecule has 1 N–H and O–H groups in total. The molecule has 2 aliphatic rings. The number of hydrogen-bond acceptors (Lipinski definition) is 7. The van der Waals surface area contributed by atoms with Crippen LogP contribution in [-0.2, 0) is 14.8 Å². The van der Waals surface area contributed by atoms with E-state index in [1.54, 1.807) is 28.8 Å². The predicted molar refractivity (Wildman–Crippen MR) is 146 cm³/mol. The third kappa shape index (κ3) is 6.12. The van der Waals surface area contributed by atoms with Gasteiger partial charge in [0, 0.05) is 50.8 Å². The van der Waals surface area contributed by atoms with Crippen molar-refractivity contribution in [2.75, 3.05) is 44.6 Å². The highest BCUT2D eigenvalue weighted by Crippen LogP contribution is 2.28. The van der Waals surface area contributed by atoms with Gasteiger partial charge in [0.15, 0.2) is 0 Å². The fourth-order valence-electron chi connectivity index (χ4n) is 5.41. The van der Waals surface area contributed by atoms with Crippen molar-refractivity contribution in [2.24, 2.45) is 0 Å². The Morgan fingerprint density at radius 2 is 1.76 bits per heavy atom. The van der Waals surface area contributed by atoms with Gasteiger partial charge in [0.05, 0.1) is 16.5 Å². The average Bonchev–Trinajstić information content (AvgIpc) is 2.94. The lowest BCUT2D eigenvalue weighted by atomic mass is 9.95. The van der Waals surface area contributed by atoms with Gasteiger partial charge in [0.25, 0.3) is 0 Å². The number of rotatable bonds is 9. The van der Waals surface area contributed by atoms with Crippen LogP contribution in [0.4, 0.5) is 5.82 Å². The number of ether oxygens (including phenoxy) is 1. The number of nitrogens with zero attached hydrogens (tertiary/aromatic N) is 4. The van der Waals surface area contributed by atoms with Crippen molar-refractivity contribution in [3.8, 4) is 0 Å². The summed E-state index contributed by atoms with van der Waals surface area (Å²) in [6, 6.07) is 15.8. The maximum absolute atomic E-state index is 13.6. The van der Waals surface area contributed by atoms with E-state index in [1.165, 1.54) is 19.3 Å². The smallest absolute Gasteiger partial charge is 0.243 e. The van der Waals surface area contributed by atoms with E-state index in [9.17, 15) is 8.42 Å². The largest absolute Gasteiger partial charge is 0.372 e. The fraction of sp³-hybridized carbons (Fsp3) is 0.500. The van der Waals surface area contributed by atoms with Gasteiger partial charge in [-0.25, -0.2) is 18.4 Å². The summed E-state index contributed by atoms with van der Waals surface area (Å²) >= 11 is 0. The van der Waals surface area contributed by atoms with Gasteiger partial charge < -0.3 is 10.1 Å². The lowest BCUT2D eigenvalue weighted by Crippen LogP contribution is -2.49. The first-order valence-electron chi connectivity index (χ1n) is 13.4. The Labute approximate surface area is 220 Å². The van der Waals surface area contributed by atoms with Crippen LogP contribution >= 0.6 is 0 Å². The molecule has 198 valence electrons. The number of aromatic nitrogens is 2. The Bertz CT molecular complexity index is 1270. The van der Waals surface area contributed by atoms with E-state index >= 15 is 0 Å². The third-order valence-corrected chi connectivity index (χ3v) is 9.38. The summed E-state index contributed by atoms with van der Waals surface area (Å²) in [4.78, 5) is 11.4. The number of hydrogen-bond donors (Lipinski definition) is 1. The van der Waals surface area contributed by atoms with Gasteiger partial charge in [-0.2, -0.15) is 4.31 Å². The summed E-state index contributed by atoms with van der Waals surface area (Å²) < 4.78 is 34.8. The van der Waals surface area contributed by atoms with E-state index in [0.717, 1.165) is 41.7 Å². The molecular weight excluding hydrogens is 486 g/mol. The van der Waals surface area contributed by atoms with Crippen LogP contribution in [0.2, 0.25) is 0 Å². The highest BCUT2D eigenvalue weighted by molar-refractivity contribution is 7.89. The summed E-state index contributed by atoms with van der Waals surface area (Å²) in [5, 5.41) is 4.31. The zero-order chi connectivity index (χ0) is 25.7. The van der Waals surface area contributed by atoms with E-state index in [2.05, 4.69) is 32.3 Å². The first-order valence-corrected chi connectivity index (χ1v) is 14.9. The number of sulfonamides is 1. The summed E-state index contributed by atoms with van der Waals surface area (Å²) in [5.74, 6) is 0.724. The number of benzene rings is 2. The Hall–Kier alpha value is -2.59. The van der Waals surface area contributed by atoms with Crippen LogP contribution in [0.15, 0.2) is 59.8 Å². The topological polar surface area (TPSA) is 87.7 Å². The average molecular weight is 524 g/mol. The molecule has 0 amide bonds. The zero-order valence-corrected chi connectivity index (χ0v) is 22.4. The van der Waals surface area contributed by atoms with Crippen LogP contribution < -0.4 is 5.32 Å². The molecule has 8 nitrogen and oxygen atoms in total. The summed E-state index contributed by atoms with van der Waals surface area (Å²) in [7, 11) is -3.63. The fourth-order valence-corrected chi connectivity index (χ4v) is 6.86. The van der Waals surface area contributed by atoms with Crippen LogP contribution in [0, 0.1) is 0 Å². The maximum atomic E-state index is 13.6. The van der Waals surface area contributed by atoms with Crippen molar-refractivity contribution < 1.29 is 13.2 Å². The SMILES string of the molecule is CCOC(CN1CCN(S(=O)(=O)c2ccc3ncnc(NC4CCCCC4)c3c2)CC1)c1ccccc1. The van der Waals surface area contributed by atoms with Crippen LogP contribution in [0.1, 0.15) is 50.7 Å². The minimum Gasteiger partial charge on any atom is -0.372 e. The van der Waals surface area contributed by atoms with Gasteiger partial charge in [0.2, 0.25) is 10.0 Å². The first kappa shape index (κ1) is 26.0. The van der Waals surface area contributed by atoms with Gasteiger partial charge >= 0.3 is 0 Å². The molecule has 0 bridgehead atoms. The molecule has 2 heterocycles. The summed E-state index contributed by atoms with van der Waals surface area (Å²) in [6.07, 6.45) is 7.45. The van der Waals surface area contributed by atoms with Crippen molar-refractivity contribution in [3.05, 3.63) is 60.4 Å². The van der Waals surface area contributed by atoms with Gasteiger partial charge in [-0.1, -0.05) is 49.6 Å². The van der Waals surface area contributed by atoms with Gasteiger partial charge in [0.1, 0.15) is 12.1 Å². The standard InChI is InChI=1S/C28H37N5O3S/c1-2-36-27(22-9-5-3-6-10-22)20-32-15-17-33(18-16-32)37(34,35)24-13-14-26-25(19-24)28(30-21-29-26)31-23-11-7-4-8-12-23/h3,5-6,9-10,13-14,19,21,23,27H,2,4,7-8,11-12,15-18,20H2,1H3,(H,29,30,31). The van der Waals surface area contributed by atoms with E-state index in [-0.39, 0.29) is 6.10 Å². The number of anilines is 1. The molecule has 1 aliphatic carbocycles. The third-order valence-electron chi connectivity index (χ3n) is 7.49. The molecule has 1 aromatic heterocycles. The predicted octanol–water partition coefficient (Wildman–Crippen LogP) is 4.46. The molecule has 1 saturated carbocycles. The second-order valence-corrected chi connectivity index (χ2v) is 11.9. The van der Waals surface area contributed by atoms with Crippen molar-refractivity contribution in [1.29, 1.82) is 0 Å². The monoisotopic (exact) mass is 523 g/mol. The number of nitrogens with one attached hydrogen (secondary N) is 1. The van der Waals surface area contributed by atoms with Gasteiger partial charge in [-0.3, -0.25) is 4.90 Å². The van der Waals surface area contributed by atoms with Gasteiger partial charge in [-0.15, -0.1) is 0 Å². The Balaban J connectivity index is 1.28. The Morgan fingerprint density at radius 3 is 2.49 bits per heavy atom. The summed E-state index contributed by atoms with van der Waals surface area (Å²) in [6.45, 7) is 5.62. The second kappa shape index (κ2) is 11.9. The first-order chi connectivity index (χ1) is 18.0. The molecular formula is C28H37N5O3S. The van der Waals surface area contributed by atoms with Crippen molar-refractivity contribution >= 4 is 26.7 Å². The summed E-state index contributed by atoms with van der Waals surface area (Å²) in [5.41, 5.74) is 1.90. The van der Waals surface area contributed by atoms with Crippen molar-refractivity contribution in [2.45, 2.75) is 56.1 Å². The lowest BCUT2D eigenvalue weighted by Gasteiger charge is -2.35. The molecule has 9 heteroatoms. The Morgan fingerprint density at radius 1 is 1.00 bits per heavy atom. The number of fused-ring (bicyclic) bond motifs is 1. The highest BCUT2D eigenvalue weighted by atomic mass is 32.2. The molecule has 0 spiro atoms. The molecule has 0 radical (unpaired) electrons. The zero-order valence-electron chi connectivity index (χ0n) is 21.6. The van der Waals surface area contributed by atoms with Crippen molar-refractivity contribution in [1.82, 2.24) is 19.2 Å². The lowest BCUT2D eigenvalue weighted by molar-refractivity contribution is 0.0249. The Kier molecular flexibility index (Phi) is 8.34. The van der Waals surface area contributed by atoms with Crippen LogP contribution in [0.25, 0.3) is 10.9 Å². The minimum atomic E-state index is -3.63. The quantitative estimate of drug-likeness (QED) is 0.443. The molecule has 1 unspecified atom stereocenters. The highest BCUT2D eigenvalue weighted by Gasteiger charge is 2.30. The second-order valence-electron chi connectivity index (χ2n) is 9.94. The number of piperazine rings is 1. The molecule has 1 aliphatic heterocycles. The molecule has 3 aromatic rings.